The van der Waals surface area contributed by atoms with Gasteiger partial charge in [-0.25, -0.2) is 0 Å². The van der Waals surface area contributed by atoms with Crippen molar-refractivity contribution in [2.24, 2.45) is 5.84 Å². The van der Waals surface area contributed by atoms with Gasteiger partial charge in [0, 0.05) is 17.3 Å². The fourth-order valence-corrected chi connectivity index (χ4v) is 1.47. The van der Waals surface area contributed by atoms with Crippen LogP contribution in [0.3, 0.4) is 0 Å². The number of hydrazine groups is 1. The summed E-state index contributed by atoms with van der Waals surface area (Å²) in [4.78, 5) is 23.6. The minimum absolute atomic E-state index is 0.0433. The second kappa shape index (κ2) is 6.75. The quantitative estimate of drug-likeness (QED) is 0.463. The summed E-state index contributed by atoms with van der Waals surface area (Å²) in [6.45, 7) is 5.38. The molecule has 0 fully saturated rings. The molecule has 1 unspecified atom stereocenters. The number of amides is 2. The van der Waals surface area contributed by atoms with Crippen molar-refractivity contribution in [3.63, 3.8) is 0 Å². The second-order valence-corrected chi connectivity index (χ2v) is 4.58. The van der Waals surface area contributed by atoms with E-state index in [1.54, 1.807) is 31.2 Å². The Hall–Kier alpha value is -2.08. The van der Waals surface area contributed by atoms with Gasteiger partial charge in [0.25, 0.3) is 5.91 Å². The Morgan fingerprint density at radius 1 is 1.05 bits per heavy atom. The Kier molecular flexibility index (Phi) is 5.32. The SMILES string of the molecule is CC(C)NC(=O)C(C)NC(=O)c1ccc(NN)cc1. The zero-order valence-electron chi connectivity index (χ0n) is 11.4. The molecule has 1 aromatic rings. The largest absolute Gasteiger partial charge is 0.352 e. The van der Waals surface area contributed by atoms with E-state index in [1.165, 1.54) is 0 Å². The molecule has 104 valence electrons. The smallest absolute Gasteiger partial charge is 0.251 e. The van der Waals surface area contributed by atoms with E-state index in [0.29, 0.717) is 11.3 Å². The van der Waals surface area contributed by atoms with Crippen LogP contribution in [-0.2, 0) is 4.79 Å². The van der Waals surface area contributed by atoms with Gasteiger partial charge in [0.2, 0.25) is 5.91 Å². The molecular weight excluding hydrogens is 244 g/mol. The van der Waals surface area contributed by atoms with Crippen molar-refractivity contribution >= 4 is 17.5 Å². The molecule has 6 nitrogen and oxygen atoms in total. The van der Waals surface area contributed by atoms with Gasteiger partial charge in [-0.15, -0.1) is 0 Å². The number of benzene rings is 1. The molecule has 19 heavy (non-hydrogen) atoms. The Balaban J connectivity index is 2.60. The first-order valence-corrected chi connectivity index (χ1v) is 6.12. The Morgan fingerprint density at radius 2 is 1.63 bits per heavy atom. The van der Waals surface area contributed by atoms with Gasteiger partial charge in [-0.2, -0.15) is 0 Å². The monoisotopic (exact) mass is 264 g/mol. The maximum Gasteiger partial charge on any atom is 0.251 e. The lowest BCUT2D eigenvalue weighted by atomic mass is 10.2. The molecule has 0 aliphatic heterocycles. The summed E-state index contributed by atoms with van der Waals surface area (Å²) in [5.41, 5.74) is 3.66. The third-order valence-electron chi connectivity index (χ3n) is 2.49. The number of nitrogens with one attached hydrogen (secondary N) is 3. The molecule has 0 saturated heterocycles. The van der Waals surface area contributed by atoms with Crippen LogP contribution in [0.25, 0.3) is 0 Å². The van der Waals surface area contributed by atoms with Gasteiger partial charge >= 0.3 is 0 Å². The van der Waals surface area contributed by atoms with Crippen LogP contribution in [-0.4, -0.2) is 23.9 Å². The number of carbonyl (C=O) groups is 2. The van der Waals surface area contributed by atoms with Gasteiger partial charge in [0.05, 0.1) is 0 Å². The average Bonchev–Trinajstić information content (AvgIpc) is 2.37. The van der Waals surface area contributed by atoms with Crippen LogP contribution in [0.2, 0.25) is 0 Å². The van der Waals surface area contributed by atoms with Crippen molar-refractivity contribution in [2.45, 2.75) is 32.9 Å². The highest BCUT2D eigenvalue weighted by molar-refractivity contribution is 5.97. The van der Waals surface area contributed by atoms with Gasteiger partial charge in [-0.3, -0.25) is 15.4 Å². The fourth-order valence-electron chi connectivity index (χ4n) is 1.47. The molecule has 1 atom stereocenters. The van der Waals surface area contributed by atoms with Crippen LogP contribution < -0.4 is 21.9 Å². The first-order valence-electron chi connectivity index (χ1n) is 6.12. The van der Waals surface area contributed by atoms with Crippen LogP contribution >= 0.6 is 0 Å². The fraction of sp³-hybridized carbons (Fsp3) is 0.385. The maximum absolute atomic E-state index is 11.9. The lowest BCUT2D eigenvalue weighted by molar-refractivity contribution is -0.123. The molecule has 5 N–H and O–H groups in total. The topological polar surface area (TPSA) is 96.2 Å². The van der Waals surface area contributed by atoms with Crippen LogP contribution in [0.5, 0.6) is 0 Å². The molecule has 1 aromatic carbocycles. The van der Waals surface area contributed by atoms with Crippen molar-refractivity contribution in [1.82, 2.24) is 10.6 Å². The lowest BCUT2D eigenvalue weighted by Gasteiger charge is -2.16. The molecular formula is C13H20N4O2. The molecule has 2 amide bonds. The molecule has 0 aromatic heterocycles. The highest BCUT2D eigenvalue weighted by atomic mass is 16.2. The summed E-state index contributed by atoms with van der Waals surface area (Å²) in [6.07, 6.45) is 0. The van der Waals surface area contributed by atoms with Crippen molar-refractivity contribution in [3.05, 3.63) is 29.8 Å². The van der Waals surface area contributed by atoms with Crippen molar-refractivity contribution in [2.75, 3.05) is 5.43 Å². The van der Waals surface area contributed by atoms with Gasteiger partial charge in [0.1, 0.15) is 6.04 Å². The predicted molar refractivity (Wildman–Crippen MR) is 74.5 cm³/mol. The number of nitrogens with two attached hydrogens (primary N) is 1. The summed E-state index contributed by atoms with van der Waals surface area (Å²) in [6, 6.07) is 6.11. The number of hydrogen-bond donors (Lipinski definition) is 4. The van der Waals surface area contributed by atoms with Crippen LogP contribution in [0, 0.1) is 0 Å². The van der Waals surface area contributed by atoms with E-state index in [-0.39, 0.29) is 17.9 Å². The Labute approximate surface area is 112 Å². The molecule has 0 radical (unpaired) electrons. The van der Waals surface area contributed by atoms with Crippen LogP contribution in [0.15, 0.2) is 24.3 Å². The molecule has 6 heteroatoms. The number of hydrogen-bond acceptors (Lipinski definition) is 4. The van der Waals surface area contributed by atoms with E-state index in [9.17, 15) is 9.59 Å². The normalized spacial score (nSPS) is 11.8. The highest BCUT2D eigenvalue weighted by Crippen LogP contribution is 2.08. The Morgan fingerprint density at radius 3 is 2.11 bits per heavy atom. The molecule has 0 bridgehead atoms. The zero-order valence-corrected chi connectivity index (χ0v) is 11.4. The second-order valence-electron chi connectivity index (χ2n) is 4.58. The molecule has 0 heterocycles. The number of rotatable bonds is 5. The van der Waals surface area contributed by atoms with E-state index in [2.05, 4.69) is 16.1 Å². The summed E-state index contributed by atoms with van der Waals surface area (Å²) in [5.74, 6) is 4.74. The highest BCUT2D eigenvalue weighted by Gasteiger charge is 2.16. The third kappa shape index (κ3) is 4.59. The number of anilines is 1. The van der Waals surface area contributed by atoms with Crippen LogP contribution in [0.1, 0.15) is 31.1 Å². The molecule has 1 rings (SSSR count). The van der Waals surface area contributed by atoms with Crippen molar-refractivity contribution in [3.8, 4) is 0 Å². The predicted octanol–water partition coefficient (Wildman–Crippen LogP) is 0.615. The molecule has 0 saturated carbocycles. The van der Waals surface area contributed by atoms with E-state index in [4.69, 9.17) is 5.84 Å². The number of carbonyl (C=O) groups excluding carboxylic acids is 2. The first kappa shape index (κ1) is 15.0. The van der Waals surface area contributed by atoms with E-state index < -0.39 is 6.04 Å². The standard InChI is InChI=1S/C13H20N4O2/c1-8(2)15-12(18)9(3)16-13(19)10-4-6-11(17-14)7-5-10/h4-9,17H,14H2,1-3H3,(H,15,18)(H,16,19). The van der Waals surface area contributed by atoms with E-state index >= 15 is 0 Å². The van der Waals surface area contributed by atoms with Gasteiger partial charge in [0.15, 0.2) is 0 Å². The summed E-state index contributed by atoms with van der Waals surface area (Å²) in [5, 5.41) is 5.37. The van der Waals surface area contributed by atoms with Crippen molar-refractivity contribution < 1.29 is 9.59 Å². The summed E-state index contributed by atoms with van der Waals surface area (Å²) < 4.78 is 0. The van der Waals surface area contributed by atoms with Gasteiger partial charge < -0.3 is 16.1 Å². The zero-order chi connectivity index (χ0) is 14.4. The minimum atomic E-state index is -0.581. The first-order chi connectivity index (χ1) is 8.93. The van der Waals surface area contributed by atoms with E-state index in [0.717, 1.165) is 0 Å². The molecule has 0 aliphatic rings. The van der Waals surface area contributed by atoms with Crippen LogP contribution in [0.4, 0.5) is 5.69 Å². The number of nitrogen functional groups attached to an aromatic ring is 1. The summed E-state index contributed by atoms with van der Waals surface area (Å²) in [7, 11) is 0. The molecule has 0 aliphatic carbocycles. The minimum Gasteiger partial charge on any atom is -0.352 e. The Bertz CT molecular complexity index is 442. The molecule has 0 spiro atoms. The van der Waals surface area contributed by atoms with Crippen molar-refractivity contribution in [1.29, 1.82) is 0 Å². The lowest BCUT2D eigenvalue weighted by Crippen LogP contribution is -2.46. The van der Waals surface area contributed by atoms with Gasteiger partial charge in [-0.05, 0) is 45.0 Å². The van der Waals surface area contributed by atoms with E-state index in [1.807, 2.05) is 13.8 Å². The third-order valence-corrected chi connectivity index (χ3v) is 2.49. The average molecular weight is 264 g/mol. The summed E-state index contributed by atoms with van der Waals surface area (Å²) >= 11 is 0. The van der Waals surface area contributed by atoms with Gasteiger partial charge in [-0.1, -0.05) is 0 Å². The maximum atomic E-state index is 11.9.